The number of carbonyl (C=O) groups is 1. The predicted molar refractivity (Wildman–Crippen MR) is 64.0 cm³/mol. The molecule has 2 rings (SSSR count). The van der Waals surface area contributed by atoms with Crippen LogP contribution in [0, 0.1) is 17.5 Å². The van der Waals surface area contributed by atoms with Gasteiger partial charge in [0.1, 0.15) is 18.2 Å². The Bertz CT molecular complexity index is 656. The van der Waals surface area contributed by atoms with Gasteiger partial charge >= 0.3 is 5.97 Å². The topological polar surface area (TPSA) is 46.5 Å². The van der Waals surface area contributed by atoms with Gasteiger partial charge in [0.15, 0.2) is 11.6 Å². The van der Waals surface area contributed by atoms with E-state index in [1.807, 2.05) is 0 Å². The van der Waals surface area contributed by atoms with Gasteiger partial charge in [-0.1, -0.05) is 6.07 Å². The first-order valence-electron chi connectivity index (χ1n) is 5.57. The summed E-state index contributed by atoms with van der Waals surface area (Å²) in [6.07, 6.45) is 0. The van der Waals surface area contributed by atoms with Crippen molar-refractivity contribution >= 4 is 5.97 Å². The van der Waals surface area contributed by atoms with E-state index in [1.54, 1.807) is 0 Å². The highest BCUT2D eigenvalue weighted by Crippen LogP contribution is 2.19. The van der Waals surface area contributed by atoms with Crippen LogP contribution in [0.15, 0.2) is 36.4 Å². The summed E-state index contributed by atoms with van der Waals surface area (Å²) in [7, 11) is 0. The number of rotatable bonds is 4. The second kappa shape index (κ2) is 5.64. The number of ether oxygens (including phenoxy) is 1. The van der Waals surface area contributed by atoms with Gasteiger partial charge in [0, 0.05) is 6.07 Å². The van der Waals surface area contributed by atoms with Crippen molar-refractivity contribution in [3.63, 3.8) is 0 Å². The molecule has 0 aliphatic carbocycles. The lowest BCUT2D eigenvalue weighted by Crippen LogP contribution is -2.03. The zero-order chi connectivity index (χ0) is 14.7. The van der Waals surface area contributed by atoms with Crippen LogP contribution in [0.1, 0.15) is 15.9 Å². The van der Waals surface area contributed by atoms with E-state index in [0.717, 1.165) is 24.3 Å². The fourth-order valence-corrected chi connectivity index (χ4v) is 1.58. The van der Waals surface area contributed by atoms with Crippen molar-refractivity contribution in [2.24, 2.45) is 0 Å². The van der Waals surface area contributed by atoms with E-state index in [4.69, 9.17) is 9.84 Å². The zero-order valence-corrected chi connectivity index (χ0v) is 10.1. The number of hydrogen-bond donors (Lipinski definition) is 1. The van der Waals surface area contributed by atoms with Crippen molar-refractivity contribution < 1.29 is 27.8 Å². The van der Waals surface area contributed by atoms with E-state index in [9.17, 15) is 18.0 Å². The molecule has 0 aromatic heterocycles. The van der Waals surface area contributed by atoms with Crippen LogP contribution < -0.4 is 4.74 Å². The van der Waals surface area contributed by atoms with Gasteiger partial charge < -0.3 is 9.84 Å². The molecule has 0 radical (unpaired) electrons. The quantitative estimate of drug-likeness (QED) is 0.935. The van der Waals surface area contributed by atoms with Crippen molar-refractivity contribution in [1.82, 2.24) is 0 Å². The Morgan fingerprint density at radius 1 is 1.05 bits per heavy atom. The lowest BCUT2D eigenvalue weighted by molar-refractivity contribution is 0.0692. The fourth-order valence-electron chi connectivity index (χ4n) is 1.58. The van der Waals surface area contributed by atoms with E-state index < -0.39 is 29.0 Å². The third kappa shape index (κ3) is 3.09. The monoisotopic (exact) mass is 282 g/mol. The van der Waals surface area contributed by atoms with Crippen LogP contribution in [-0.2, 0) is 6.61 Å². The molecule has 0 heterocycles. The minimum atomic E-state index is -1.38. The van der Waals surface area contributed by atoms with Crippen LogP contribution >= 0.6 is 0 Å². The molecule has 0 aliphatic heterocycles. The van der Waals surface area contributed by atoms with Crippen molar-refractivity contribution in [2.45, 2.75) is 6.61 Å². The van der Waals surface area contributed by atoms with Crippen LogP contribution in [0.3, 0.4) is 0 Å². The molecule has 0 spiro atoms. The summed E-state index contributed by atoms with van der Waals surface area (Å²) in [4.78, 5) is 10.6. The molecule has 104 valence electrons. The maximum Gasteiger partial charge on any atom is 0.338 e. The molecule has 3 nitrogen and oxygen atoms in total. The van der Waals surface area contributed by atoms with E-state index >= 15 is 0 Å². The van der Waals surface area contributed by atoms with Crippen LogP contribution in [0.4, 0.5) is 13.2 Å². The summed E-state index contributed by atoms with van der Waals surface area (Å²) < 4.78 is 44.4. The van der Waals surface area contributed by atoms with Gasteiger partial charge in [0.05, 0.1) is 5.56 Å². The molecule has 0 atom stereocenters. The first kappa shape index (κ1) is 13.9. The van der Waals surface area contributed by atoms with Crippen molar-refractivity contribution in [3.05, 3.63) is 65.0 Å². The second-order valence-electron chi connectivity index (χ2n) is 3.98. The summed E-state index contributed by atoms with van der Waals surface area (Å²) in [5, 5.41) is 8.67. The minimum absolute atomic E-state index is 0.167. The Hall–Kier alpha value is -2.50. The number of carboxylic acids is 1. The Morgan fingerprint density at radius 3 is 2.40 bits per heavy atom. The highest BCUT2D eigenvalue weighted by atomic mass is 19.1. The predicted octanol–water partition coefficient (Wildman–Crippen LogP) is 3.38. The van der Waals surface area contributed by atoms with Gasteiger partial charge in [0.2, 0.25) is 0 Å². The van der Waals surface area contributed by atoms with Crippen LogP contribution in [0.5, 0.6) is 5.75 Å². The van der Waals surface area contributed by atoms with E-state index in [2.05, 4.69) is 0 Å². The number of aromatic carboxylic acids is 1. The third-order valence-corrected chi connectivity index (χ3v) is 2.55. The number of carboxylic acid groups (broad SMARTS) is 1. The van der Waals surface area contributed by atoms with Gasteiger partial charge in [-0.2, -0.15) is 0 Å². The number of hydrogen-bond acceptors (Lipinski definition) is 2. The van der Waals surface area contributed by atoms with Gasteiger partial charge in [-0.15, -0.1) is 0 Å². The number of halogens is 3. The molecular formula is C14H9F3O3. The van der Waals surface area contributed by atoms with Gasteiger partial charge in [-0.3, -0.25) is 0 Å². The molecule has 0 saturated heterocycles. The van der Waals surface area contributed by atoms with Gasteiger partial charge in [-0.05, 0) is 29.8 Å². The molecule has 0 fully saturated rings. The lowest BCUT2D eigenvalue weighted by Gasteiger charge is -2.08. The van der Waals surface area contributed by atoms with Crippen LogP contribution in [-0.4, -0.2) is 11.1 Å². The second-order valence-corrected chi connectivity index (χ2v) is 3.98. The van der Waals surface area contributed by atoms with Gasteiger partial charge in [0.25, 0.3) is 0 Å². The van der Waals surface area contributed by atoms with E-state index in [1.165, 1.54) is 6.07 Å². The van der Waals surface area contributed by atoms with Crippen LogP contribution in [0.25, 0.3) is 0 Å². The summed E-state index contributed by atoms with van der Waals surface area (Å²) in [5.41, 5.74) is -0.127. The molecular weight excluding hydrogens is 273 g/mol. The van der Waals surface area contributed by atoms with Gasteiger partial charge in [-0.25, -0.2) is 18.0 Å². The third-order valence-electron chi connectivity index (χ3n) is 2.55. The van der Waals surface area contributed by atoms with E-state index in [0.29, 0.717) is 11.6 Å². The lowest BCUT2D eigenvalue weighted by atomic mass is 10.1. The Kier molecular flexibility index (Phi) is 3.93. The average Bonchev–Trinajstić information content (AvgIpc) is 2.37. The SMILES string of the molecule is O=C(O)c1ccc(COc2ccc(F)cc2F)cc1F. The maximum atomic E-state index is 13.4. The zero-order valence-electron chi connectivity index (χ0n) is 10.1. The molecule has 0 saturated carbocycles. The first-order chi connectivity index (χ1) is 9.47. The molecule has 0 bridgehead atoms. The molecule has 2 aromatic carbocycles. The molecule has 0 amide bonds. The molecule has 2 aromatic rings. The van der Waals surface area contributed by atoms with Crippen molar-refractivity contribution in [2.75, 3.05) is 0 Å². The molecule has 20 heavy (non-hydrogen) atoms. The molecule has 0 unspecified atom stereocenters. The molecule has 1 N–H and O–H groups in total. The fraction of sp³-hybridized carbons (Fsp3) is 0.0714. The summed E-state index contributed by atoms with van der Waals surface area (Å²) in [6.45, 7) is -0.167. The Balaban J connectivity index is 2.11. The standard InChI is InChI=1S/C14H9F3O3/c15-9-2-4-13(12(17)6-9)20-7-8-1-3-10(14(18)19)11(16)5-8/h1-6H,7H2,(H,18,19). The van der Waals surface area contributed by atoms with E-state index in [-0.39, 0.29) is 12.4 Å². The highest BCUT2D eigenvalue weighted by molar-refractivity contribution is 5.87. The Morgan fingerprint density at radius 2 is 1.80 bits per heavy atom. The highest BCUT2D eigenvalue weighted by Gasteiger charge is 2.11. The molecule has 6 heteroatoms. The average molecular weight is 282 g/mol. The smallest absolute Gasteiger partial charge is 0.338 e. The minimum Gasteiger partial charge on any atom is -0.486 e. The summed E-state index contributed by atoms with van der Waals surface area (Å²) in [6, 6.07) is 6.26. The summed E-state index contributed by atoms with van der Waals surface area (Å²) >= 11 is 0. The Labute approximate surface area is 112 Å². The van der Waals surface area contributed by atoms with Crippen LogP contribution in [0.2, 0.25) is 0 Å². The van der Waals surface area contributed by atoms with Crippen molar-refractivity contribution in [1.29, 1.82) is 0 Å². The first-order valence-corrected chi connectivity index (χ1v) is 5.57. The summed E-state index contributed by atoms with van der Waals surface area (Å²) in [5.74, 6) is -4.05. The van der Waals surface area contributed by atoms with Crippen molar-refractivity contribution in [3.8, 4) is 5.75 Å². The largest absolute Gasteiger partial charge is 0.486 e. The molecule has 0 aliphatic rings. The maximum absolute atomic E-state index is 13.4. The number of benzene rings is 2. The normalized spacial score (nSPS) is 10.3.